The molecule has 2 N–H and O–H groups in total. The van der Waals surface area contributed by atoms with E-state index in [9.17, 15) is 13.2 Å². The molecule has 0 spiro atoms. The van der Waals surface area contributed by atoms with Crippen LogP contribution in [0.5, 0.6) is 0 Å². The van der Waals surface area contributed by atoms with E-state index in [0.717, 1.165) is 16.7 Å². The zero-order valence-electron chi connectivity index (χ0n) is 16.0. The lowest BCUT2D eigenvalue weighted by Crippen LogP contribution is -2.16. The third kappa shape index (κ3) is 4.58. The van der Waals surface area contributed by atoms with E-state index >= 15 is 0 Å². The minimum absolute atomic E-state index is 0.0316. The van der Waals surface area contributed by atoms with Crippen molar-refractivity contribution in [1.29, 1.82) is 0 Å². The van der Waals surface area contributed by atoms with Gasteiger partial charge >= 0.3 is 0 Å². The number of aryl methyl sites for hydroxylation is 3. The molecule has 0 bridgehead atoms. The minimum Gasteiger partial charge on any atom is -0.322 e. The van der Waals surface area contributed by atoms with Crippen LogP contribution in [0.25, 0.3) is 0 Å². The first kappa shape index (κ1) is 19.6. The van der Waals surface area contributed by atoms with Gasteiger partial charge in [-0.3, -0.25) is 9.52 Å². The molecule has 1 amide bonds. The Morgan fingerprint density at radius 3 is 2.18 bits per heavy atom. The Hall–Kier alpha value is -3.12. The number of hydrogen-bond acceptors (Lipinski definition) is 3. The van der Waals surface area contributed by atoms with Crippen LogP contribution in [-0.2, 0) is 10.0 Å². The molecule has 0 aromatic heterocycles. The second kappa shape index (κ2) is 7.86. The predicted molar refractivity (Wildman–Crippen MR) is 112 cm³/mol. The van der Waals surface area contributed by atoms with E-state index in [-0.39, 0.29) is 16.4 Å². The smallest absolute Gasteiger partial charge is 0.261 e. The molecule has 144 valence electrons. The number of hydrogen-bond donors (Lipinski definition) is 2. The number of para-hydroxylation sites is 1. The van der Waals surface area contributed by atoms with E-state index in [2.05, 4.69) is 10.0 Å². The third-order valence-electron chi connectivity index (χ3n) is 4.27. The van der Waals surface area contributed by atoms with E-state index < -0.39 is 10.0 Å². The van der Waals surface area contributed by atoms with Gasteiger partial charge in [-0.15, -0.1) is 0 Å². The first-order valence-corrected chi connectivity index (χ1v) is 10.3. The molecule has 0 aliphatic rings. The molecular formula is C22H22N2O3S. The Labute approximate surface area is 165 Å². The lowest BCUT2D eigenvalue weighted by Gasteiger charge is -2.12. The van der Waals surface area contributed by atoms with Gasteiger partial charge in [-0.2, -0.15) is 0 Å². The van der Waals surface area contributed by atoms with Gasteiger partial charge in [-0.25, -0.2) is 8.42 Å². The lowest BCUT2D eigenvalue weighted by molar-refractivity contribution is 0.102. The summed E-state index contributed by atoms with van der Waals surface area (Å²) in [4.78, 5) is 12.6. The summed E-state index contributed by atoms with van der Waals surface area (Å²) in [5, 5.41) is 2.82. The molecule has 0 heterocycles. The highest BCUT2D eigenvalue weighted by Crippen LogP contribution is 2.21. The number of carbonyl (C=O) groups excluding carboxylic acids is 1. The van der Waals surface area contributed by atoms with Crippen molar-refractivity contribution in [1.82, 2.24) is 0 Å². The Morgan fingerprint density at radius 2 is 1.50 bits per heavy atom. The highest BCUT2D eigenvalue weighted by Gasteiger charge is 2.17. The van der Waals surface area contributed by atoms with Gasteiger partial charge in [-0.1, -0.05) is 30.3 Å². The normalized spacial score (nSPS) is 11.1. The Bertz CT molecular complexity index is 1120. The first-order valence-electron chi connectivity index (χ1n) is 8.83. The largest absolute Gasteiger partial charge is 0.322 e. The van der Waals surface area contributed by atoms with Crippen LogP contribution in [0.15, 0.2) is 71.6 Å². The second-order valence-corrected chi connectivity index (χ2v) is 8.46. The molecule has 3 aromatic carbocycles. The van der Waals surface area contributed by atoms with Crippen molar-refractivity contribution in [2.75, 3.05) is 10.0 Å². The molecule has 0 saturated heterocycles. The van der Waals surface area contributed by atoms with E-state index in [1.165, 1.54) is 12.1 Å². The van der Waals surface area contributed by atoms with Gasteiger partial charge in [0, 0.05) is 16.9 Å². The Morgan fingerprint density at radius 1 is 0.821 bits per heavy atom. The van der Waals surface area contributed by atoms with Gasteiger partial charge in [0.1, 0.15) is 0 Å². The van der Waals surface area contributed by atoms with Crippen molar-refractivity contribution in [3.8, 4) is 0 Å². The maximum Gasteiger partial charge on any atom is 0.261 e. The Kier molecular flexibility index (Phi) is 5.51. The summed E-state index contributed by atoms with van der Waals surface area (Å²) in [7, 11) is -3.81. The van der Waals surface area contributed by atoms with Crippen LogP contribution in [0.1, 0.15) is 27.0 Å². The quantitative estimate of drug-likeness (QED) is 0.661. The van der Waals surface area contributed by atoms with E-state index in [4.69, 9.17) is 0 Å². The number of carbonyl (C=O) groups is 1. The molecule has 3 aromatic rings. The van der Waals surface area contributed by atoms with Crippen LogP contribution in [0.2, 0.25) is 0 Å². The number of nitrogens with one attached hydrogen (secondary N) is 2. The molecule has 28 heavy (non-hydrogen) atoms. The van der Waals surface area contributed by atoms with Crippen LogP contribution < -0.4 is 10.0 Å². The standard InChI is InChI=1S/C22H22N2O3S/c1-15-11-16(2)13-19(12-15)24-28(26,27)20-9-6-8-18(14-20)22(25)23-21-10-5-4-7-17(21)3/h4-14,24H,1-3H3,(H,23,25). The van der Waals surface area contributed by atoms with Gasteiger partial charge < -0.3 is 5.32 Å². The number of rotatable bonds is 5. The number of amides is 1. The van der Waals surface area contributed by atoms with Crippen molar-refractivity contribution in [3.63, 3.8) is 0 Å². The highest BCUT2D eigenvalue weighted by molar-refractivity contribution is 7.92. The molecule has 0 aliphatic heterocycles. The molecule has 0 fully saturated rings. The molecule has 0 aliphatic carbocycles. The summed E-state index contributed by atoms with van der Waals surface area (Å²) in [5.74, 6) is -0.363. The molecule has 0 atom stereocenters. The monoisotopic (exact) mass is 394 g/mol. The van der Waals surface area contributed by atoms with Crippen molar-refractivity contribution < 1.29 is 13.2 Å². The predicted octanol–water partition coefficient (Wildman–Crippen LogP) is 4.66. The van der Waals surface area contributed by atoms with E-state index in [1.54, 1.807) is 30.3 Å². The molecule has 0 saturated carbocycles. The lowest BCUT2D eigenvalue weighted by atomic mass is 10.1. The van der Waals surface area contributed by atoms with Crippen LogP contribution in [0, 0.1) is 20.8 Å². The van der Waals surface area contributed by atoms with Gasteiger partial charge in [0.05, 0.1) is 4.90 Å². The summed E-state index contributed by atoms with van der Waals surface area (Å²) < 4.78 is 28.1. The summed E-state index contributed by atoms with van der Waals surface area (Å²) in [6, 6.07) is 18.9. The minimum atomic E-state index is -3.81. The SMILES string of the molecule is Cc1cc(C)cc(NS(=O)(=O)c2cccc(C(=O)Nc3ccccc3C)c2)c1. The molecule has 6 heteroatoms. The Balaban J connectivity index is 1.85. The first-order chi connectivity index (χ1) is 13.2. The fraction of sp³-hybridized carbons (Fsp3) is 0.136. The average Bonchev–Trinajstić information content (AvgIpc) is 2.62. The zero-order chi connectivity index (χ0) is 20.3. The molecule has 0 radical (unpaired) electrons. The average molecular weight is 394 g/mol. The summed E-state index contributed by atoms with van der Waals surface area (Å²) in [5.41, 5.74) is 4.30. The van der Waals surface area contributed by atoms with Crippen molar-refractivity contribution in [3.05, 3.63) is 89.0 Å². The third-order valence-corrected chi connectivity index (χ3v) is 5.65. The number of anilines is 2. The molecular weight excluding hydrogens is 372 g/mol. The number of sulfonamides is 1. The zero-order valence-corrected chi connectivity index (χ0v) is 16.8. The molecule has 3 rings (SSSR count). The summed E-state index contributed by atoms with van der Waals surface area (Å²) in [6.07, 6.45) is 0. The van der Waals surface area contributed by atoms with Gasteiger partial charge in [0.2, 0.25) is 0 Å². The van der Waals surface area contributed by atoms with Crippen LogP contribution in [-0.4, -0.2) is 14.3 Å². The maximum atomic E-state index is 12.8. The fourth-order valence-corrected chi connectivity index (χ4v) is 4.05. The summed E-state index contributed by atoms with van der Waals surface area (Å²) in [6.45, 7) is 5.70. The van der Waals surface area contributed by atoms with Crippen LogP contribution in [0.3, 0.4) is 0 Å². The van der Waals surface area contributed by atoms with Crippen molar-refractivity contribution >= 4 is 27.3 Å². The molecule has 0 unspecified atom stereocenters. The van der Waals surface area contributed by atoms with Crippen LogP contribution >= 0.6 is 0 Å². The van der Waals surface area contributed by atoms with E-state index in [1.807, 2.05) is 45.0 Å². The summed E-state index contributed by atoms with van der Waals surface area (Å²) >= 11 is 0. The molecule has 5 nitrogen and oxygen atoms in total. The van der Waals surface area contributed by atoms with Gasteiger partial charge in [-0.05, 0) is 73.9 Å². The maximum absolute atomic E-state index is 12.8. The van der Waals surface area contributed by atoms with Crippen molar-refractivity contribution in [2.24, 2.45) is 0 Å². The van der Waals surface area contributed by atoms with Gasteiger partial charge in [0.15, 0.2) is 0 Å². The highest BCUT2D eigenvalue weighted by atomic mass is 32.2. The van der Waals surface area contributed by atoms with Crippen LogP contribution in [0.4, 0.5) is 11.4 Å². The van der Waals surface area contributed by atoms with Crippen molar-refractivity contribution in [2.45, 2.75) is 25.7 Å². The van der Waals surface area contributed by atoms with Gasteiger partial charge in [0.25, 0.3) is 15.9 Å². The fourth-order valence-electron chi connectivity index (χ4n) is 2.96. The topological polar surface area (TPSA) is 75.3 Å². The van der Waals surface area contributed by atoms with E-state index in [0.29, 0.717) is 11.4 Å². The number of benzene rings is 3. The second-order valence-electron chi connectivity index (χ2n) is 6.78.